The summed E-state index contributed by atoms with van der Waals surface area (Å²) >= 11 is 1.87. The Morgan fingerprint density at radius 1 is 1.27 bits per heavy atom. The third-order valence-corrected chi connectivity index (χ3v) is 5.33. The maximum atomic E-state index is 4.73. The van der Waals surface area contributed by atoms with Crippen molar-refractivity contribution in [3.05, 3.63) is 21.9 Å². The summed E-state index contributed by atoms with van der Waals surface area (Å²) in [6, 6.07) is 5.02. The molecule has 124 valence electrons. The van der Waals surface area contributed by atoms with Crippen LogP contribution in [0.2, 0.25) is 0 Å². The van der Waals surface area contributed by atoms with E-state index >= 15 is 0 Å². The van der Waals surface area contributed by atoms with E-state index in [4.69, 9.17) is 4.99 Å². The smallest absolute Gasteiger partial charge is 0.191 e. The van der Waals surface area contributed by atoms with Crippen LogP contribution in [0.15, 0.2) is 17.1 Å². The van der Waals surface area contributed by atoms with Crippen LogP contribution in [0, 0.1) is 5.92 Å². The third-order valence-electron chi connectivity index (χ3n) is 4.11. The fraction of sp³-hybridized carbons (Fsp3) is 0.706. The summed E-state index contributed by atoms with van der Waals surface area (Å²) in [5, 5.41) is 6.87. The summed E-state index contributed by atoms with van der Waals surface area (Å²) in [7, 11) is 4.35. The molecule has 22 heavy (non-hydrogen) atoms. The lowest BCUT2D eigenvalue weighted by atomic mass is 10.1. The van der Waals surface area contributed by atoms with Crippen LogP contribution >= 0.6 is 11.3 Å². The average Bonchev–Trinajstić information content (AvgIpc) is 3.22. The average molecular weight is 323 g/mol. The molecule has 1 aliphatic rings. The molecule has 1 heterocycles. The topological polar surface area (TPSA) is 39.7 Å². The molecule has 0 amide bonds. The van der Waals surface area contributed by atoms with Crippen LogP contribution in [-0.2, 0) is 13.0 Å². The molecular formula is C17H30N4S. The van der Waals surface area contributed by atoms with Crippen LogP contribution in [0.5, 0.6) is 0 Å². The Kier molecular flexibility index (Phi) is 6.70. The Labute approximate surface area is 139 Å². The summed E-state index contributed by atoms with van der Waals surface area (Å²) in [6.45, 7) is 6.93. The van der Waals surface area contributed by atoms with Gasteiger partial charge in [-0.2, -0.15) is 0 Å². The lowest BCUT2D eigenvalue weighted by Gasteiger charge is -2.25. The molecule has 5 heteroatoms. The molecule has 0 aliphatic heterocycles. The summed E-state index contributed by atoms with van der Waals surface area (Å²) < 4.78 is 0. The Balaban J connectivity index is 1.88. The first-order valence-corrected chi connectivity index (χ1v) is 9.21. The molecule has 1 aromatic rings. The van der Waals surface area contributed by atoms with Crippen molar-refractivity contribution < 1.29 is 0 Å². The van der Waals surface area contributed by atoms with Crippen LogP contribution in [0.1, 0.15) is 36.4 Å². The van der Waals surface area contributed by atoms with E-state index in [1.165, 1.54) is 22.6 Å². The highest BCUT2D eigenvalue weighted by Crippen LogP contribution is 2.34. The highest BCUT2D eigenvalue weighted by Gasteiger charge is 2.32. The normalized spacial score (nSPS) is 16.9. The molecule has 0 saturated heterocycles. The van der Waals surface area contributed by atoms with Gasteiger partial charge in [0.25, 0.3) is 0 Å². The summed E-state index contributed by atoms with van der Waals surface area (Å²) in [4.78, 5) is 9.83. The number of hydrogen-bond donors (Lipinski definition) is 2. The van der Waals surface area contributed by atoms with E-state index in [9.17, 15) is 0 Å². The van der Waals surface area contributed by atoms with Gasteiger partial charge in [0.05, 0.1) is 6.54 Å². The zero-order chi connectivity index (χ0) is 15.9. The van der Waals surface area contributed by atoms with Crippen molar-refractivity contribution in [3.8, 4) is 0 Å². The Hall–Kier alpha value is -1.07. The van der Waals surface area contributed by atoms with Crippen molar-refractivity contribution in [2.24, 2.45) is 10.9 Å². The summed E-state index contributed by atoms with van der Waals surface area (Å²) in [5.74, 6) is 1.79. The van der Waals surface area contributed by atoms with Crippen LogP contribution in [0.4, 0.5) is 0 Å². The quantitative estimate of drug-likeness (QED) is 0.571. The lowest BCUT2D eigenvalue weighted by Crippen LogP contribution is -2.46. The molecule has 0 bridgehead atoms. The molecule has 4 nitrogen and oxygen atoms in total. The lowest BCUT2D eigenvalue weighted by molar-refractivity contribution is 0.264. The van der Waals surface area contributed by atoms with Crippen molar-refractivity contribution >= 4 is 17.3 Å². The van der Waals surface area contributed by atoms with E-state index in [-0.39, 0.29) is 0 Å². The Morgan fingerprint density at radius 2 is 2.00 bits per heavy atom. The van der Waals surface area contributed by atoms with E-state index in [2.05, 4.69) is 55.6 Å². The molecule has 1 fully saturated rings. The van der Waals surface area contributed by atoms with Gasteiger partial charge in [-0.1, -0.05) is 6.92 Å². The second-order valence-corrected chi connectivity index (χ2v) is 7.42. The minimum atomic E-state index is 0.609. The zero-order valence-electron chi connectivity index (χ0n) is 14.4. The van der Waals surface area contributed by atoms with Crippen molar-refractivity contribution in [3.63, 3.8) is 0 Å². The molecule has 2 N–H and O–H groups in total. The summed E-state index contributed by atoms with van der Waals surface area (Å²) in [6.07, 6.45) is 3.85. The number of guanidine groups is 1. The fourth-order valence-corrected chi connectivity index (χ4v) is 3.53. The van der Waals surface area contributed by atoms with Gasteiger partial charge in [0.1, 0.15) is 0 Å². The predicted octanol–water partition coefficient (Wildman–Crippen LogP) is 2.71. The molecule has 1 aromatic heterocycles. The maximum Gasteiger partial charge on any atom is 0.191 e. The van der Waals surface area contributed by atoms with Gasteiger partial charge in [-0.05, 0) is 58.3 Å². The first kappa shape index (κ1) is 17.3. The number of thiophene rings is 1. The van der Waals surface area contributed by atoms with Crippen LogP contribution in [-0.4, -0.2) is 44.1 Å². The minimum Gasteiger partial charge on any atom is -0.357 e. The molecule has 1 unspecified atom stereocenters. The van der Waals surface area contributed by atoms with Crippen LogP contribution in [0.3, 0.4) is 0 Å². The number of rotatable bonds is 8. The van der Waals surface area contributed by atoms with Gasteiger partial charge >= 0.3 is 0 Å². The van der Waals surface area contributed by atoms with E-state index in [0.717, 1.165) is 37.9 Å². The molecule has 1 saturated carbocycles. The van der Waals surface area contributed by atoms with Gasteiger partial charge < -0.3 is 15.5 Å². The van der Waals surface area contributed by atoms with Crippen LogP contribution < -0.4 is 10.6 Å². The maximum absolute atomic E-state index is 4.73. The number of hydrogen-bond acceptors (Lipinski definition) is 3. The Morgan fingerprint density at radius 3 is 2.55 bits per heavy atom. The van der Waals surface area contributed by atoms with Gasteiger partial charge in [-0.3, -0.25) is 0 Å². The first-order chi connectivity index (χ1) is 10.6. The largest absolute Gasteiger partial charge is 0.357 e. The number of likely N-dealkylation sites (N-methyl/N-ethyl adjacent to an activating group) is 1. The number of nitrogens with one attached hydrogen (secondary N) is 2. The first-order valence-electron chi connectivity index (χ1n) is 8.40. The highest BCUT2D eigenvalue weighted by molar-refractivity contribution is 7.11. The van der Waals surface area contributed by atoms with E-state index in [1.807, 2.05) is 11.3 Å². The van der Waals surface area contributed by atoms with Crippen molar-refractivity contribution in [2.45, 2.75) is 45.7 Å². The van der Waals surface area contributed by atoms with E-state index in [1.54, 1.807) is 0 Å². The molecule has 0 aromatic carbocycles. The second kappa shape index (κ2) is 8.53. The second-order valence-electron chi connectivity index (χ2n) is 6.17. The van der Waals surface area contributed by atoms with Gasteiger partial charge in [-0.15, -0.1) is 11.3 Å². The zero-order valence-corrected chi connectivity index (χ0v) is 15.2. The van der Waals surface area contributed by atoms with Crippen molar-refractivity contribution in [2.75, 3.05) is 27.2 Å². The molecular weight excluding hydrogens is 292 g/mol. The monoisotopic (exact) mass is 322 g/mol. The number of aliphatic imine (C=N–C) groups is 1. The van der Waals surface area contributed by atoms with Crippen molar-refractivity contribution in [1.29, 1.82) is 0 Å². The minimum absolute atomic E-state index is 0.609. The number of nitrogens with zero attached hydrogens (tertiary/aromatic N) is 2. The molecule has 0 radical (unpaired) electrons. The summed E-state index contributed by atoms with van der Waals surface area (Å²) in [5.41, 5.74) is 0. The molecule has 0 spiro atoms. The van der Waals surface area contributed by atoms with Gasteiger partial charge in [0.2, 0.25) is 0 Å². The Bertz CT molecular complexity index is 475. The van der Waals surface area contributed by atoms with Crippen molar-refractivity contribution in [1.82, 2.24) is 15.5 Å². The highest BCUT2D eigenvalue weighted by atomic mass is 32.1. The molecule has 2 rings (SSSR count). The van der Waals surface area contributed by atoms with Gasteiger partial charge in [-0.25, -0.2) is 4.99 Å². The van der Waals surface area contributed by atoms with Gasteiger partial charge in [0.15, 0.2) is 5.96 Å². The fourth-order valence-electron chi connectivity index (χ4n) is 2.65. The molecule has 1 aliphatic carbocycles. The standard InChI is InChI=1S/C17H30N4S/c1-5-14-9-10-15(22-14)11-19-17(18-6-2)20-12-16(21(3)4)13-7-8-13/h9-10,13,16H,5-8,11-12H2,1-4H3,(H2,18,19,20). The third kappa shape index (κ3) is 5.29. The van der Waals surface area contributed by atoms with Gasteiger partial charge in [0, 0.05) is 28.9 Å². The predicted molar refractivity (Wildman–Crippen MR) is 96.7 cm³/mol. The van der Waals surface area contributed by atoms with Crippen LogP contribution in [0.25, 0.3) is 0 Å². The molecule has 1 atom stereocenters. The van der Waals surface area contributed by atoms with E-state index in [0.29, 0.717) is 6.04 Å². The number of aryl methyl sites for hydroxylation is 1. The van der Waals surface area contributed by atoms with E-state index < -0.39 is 0 Å². The SMILES string of the molecule is CCNC(=NCc1ccc(CC)s1)NCC(C1CC1)N(C)C.